The van der Waals surface area contributed by atoms with E-state index in [-0.39, 0.29) is 17.8 Å². The third-order valence-corrected chi connectivity index (χ3v) is 2.65. The lowest BCUT2D eigenvalue weighted by molar-refractivity contribution is 0.102. The number of nitrogens with zero attached hydrogens (tertiary/aromatic N) is 3. The lowest BCUT2D eigenvalue weighted by Gasteiger charge is -2.02. The summed E-state index contributed by atoms with van der Waals surface area (Å²) in [7, 11) is 1.55. The maximum absolute atomic E-state index is 12.0. The van der Waals surface area contributed by atoms with Crippen LogP contribution in [0.3, 0.4) is 0 Å². The molecule has 0 fully saturated rings. The van der Waals surface area contributed by atoms with Gasteiger partial charge >= 0.3 is 6.01 Å². The summed E-state index contributed by atoms with van der Waals surface area (Å²) in [6.07, 6.45) is 1.45. The quantitative estimate of drug-likeness (QED) is 0.782. The molecular weight excluding hydrogens is 276 g/mol. The predicted octanol–water partition coefficient (Wildman–Crippen LogP) is 1.99. The van der Waals surface area contributed by atoms with E-state index in [0.29, 0.717) is 17.1 Å². The average molecular weight is 286 g/mol. The maximum atomic E-state index is 12.0. The molecule has 1 amide bonds. The highest BCUT2D eigenvalue weighted by Crippen LogP contribution is 2.19. The molecular formula is C13H10N4O4. The number of amides is 1. The first-order valence-corrected chi connectivity index (χ1v) is 5.96. The van der Waals surface area contributed by atoms with Gasteiger partial charge in [-0.25, -0.2) is 0 Å². The summed E-state index contributed by atoms with van der Waals surface area (Å²) in [4.78, 5) is 12.0. The van der Waals surface area contributed by atoms with Crippen molar-refractivity contribution in [2.24, 2.45) is 0 Å². The number of aromatic nitrogens is 3. The van der Waals surface area contributed by atoms with Crippen LogP contribution in [0.15, 0.2) is 45.5 Å². The number of carbonyl (C=O) groups is 1. The minimum atomic E-state index is -0.370. The first kappa shape index (κ1) is 12.9. The Morgan fingerprint density at radius 2 is 2.00 bits per heavy atom. The number of nitrogens with one attached hydrogen (secondary N) is 1. The highest BCUT2D eigenvalue weighted by atomic mass is 16.5. The molecule has 0 bridgehead atoms. The van der Waals surface area contributed by atoms with Gasteiger partial charge in [0.1, 0.15) is 5.75 Å². The molecule has 0 saturated heterocycles. The molecule has 0 saturated carbocycles. The van der Waals surface area contributed by atoms with Crippen molar-refractivity contribution in [1.82, 2.24) is 15.4 Å². The van der Waals surface area contributed by atoms with Crippen molar-refractivity contribution in [2.45, 2.75) is 0 Å². The van der Waals surface area contributed by atoms with Crippen molar-refractivity contribution in [3.63, 3.8) is 0 Å². The van der Waals surface area contributed by atoms with Gasteiger partial charge in [-0.05, 0) is 24.3 Å². The molecule has 8 nitrogen and oxygen atoms in total. The summed E-state index contributed by atoms with van der Waals surface area (Å²) in [6.45, 7) is 0. The van der Waals surface area contributed by atoms with Crippen LogP contribution in [-0.2, 0) is 0 Å². The monoisotopic (exact) mass is 286 g/mol. The zero-order chi connectivity index (χ0) is 14.7. The predicted molar refractivity (Wildman–Crippen MR) is 70.7 cm³/mol. The molecule has 0 radical (unpaired) electrons. The van der Waals surface area contributed by atoms with Crippen LogP contribution in [-0.4, -0.2) is 28.4 Å². The van der Waals surface area contributed by atoms with Crippen LogP contribution >= 0.6 is 0 Å². The SMILES string of the molecule is COc1ccc(C(=O)Nc2nnc(-c3ccno3)o2)cc1. The maximum Gasteiger partial charge on any atom is 0.322 e. The van der Waals surface area contributed by atoms with Gasteiger partial charge in [0.05, 0.1) is 13.3 Å². The number of methoxy groups -OCH3 is 1. The van der Waals surface area contributed by atoms with Crippen LogP contribution in [0.1, 0.15) is 10.4 Å². The molecule has 0 aliphatic heterocycles. The highest BCUT2D eigenvalue weighted by molar-refractivity contribution is 6.03. The normalized spacial score (nSPS) is 10.3. The second kappa shape index (κ2) is 5.45. The zero-order valence-corrected chi connectivity index (χ0v) is 10.9. The molecule has 0 atom stereocenters. The molecule has 2 heterocycles. The van der Waals surface area contributed by atoms with E-state index in [1.807, 2.05) is 0 Å². The third-order valence-electron chi connectivity index (χ3n) is 2.65. The highest BCUT2D eigenvalue weighted by Gasteiger charge is 2.14. The van der Waals surface area contributed by atoms with Crippen molar-refractivity contribution in [1.29, 1.82) is 0 Å². The Kier molecular flexibility index (Phi) is 3.34. The Bertz CT molecular complexity index is 734. The summed E-state index contributed by atoms with van der Waals surface area (Å²) in [5, 5.41) is 13.5. The minimum absolute atomic E-state index is 0.0257. The molecule has 1 N–H and O–H groups in total. The second-order valence-electron chi connectivity index (χ2n) is 3.97. The molecule has 1 aromatic carbocycles. The van der Waals surface area contributed by atoms with Crippen molar-refractivity contribution >= 4 is 11.9 Å². The molecule has 8 heteroatoms. The summed E-state index contributed by atoms with van der Waals surface area (Å²) in [5.41, 5.74) is 0.440. The van der Waals surface area contributed by atoms with E-state index < -0.39 is 0 Å². The first-order chi connectivity index (χ1) is 10.3. The Morgan fingerprint density at radius 1 is 1.19 bits per heavy atom. The minimum Gasteiger partial charge on any atom is -0.497 e. The average Bonchev–Trinajstić information content (AvgIpc) is 3.18. The smallest absolute Gasteiger partial charge is 0.322 e. The van der Waals surface area contributed by atoms with E-state index in [1.54, 1.807) is 37.4 Å². The topological polar surface area (TPSA) is 103 Å². The van der Waals surface area contributed by atoms with Crippen LogP contribution < -0.4 is 10.1 Å². The van der Waals surface area contributed by atoms with Crippen molar-refractivity contribution in [2.75, 3.05) is 12.4 Å². The number of rotatable bonds is 4. The van der Waals surface area contributed by atoms with Crippen molar-refractivity contribution < 1.29 is 18.5 Å². The Hall–Kier alpha value is -3.16. The van der Waals surface area contributed by atoms with E-state index in [9.17, 15) is 4.79 Å². The number of hydrogen-bond donors (Lipinski definition) is 1. The Morgan fingerprint density at radius 3 is 2.67 bits per heavy atom. The van der Waals surface area contributed by atoms with Gasteiger partial charge in [0, 0.05) is 11.6 Å². The van der Waals surface area contributed by atoms with E-state index in [2.05, 4.69) is 20.7 Å². The van der Waals surface area contributed by atoms with E-state index in [0.717, 1.165) is 0 Å². The fourth-order valence-electron chi connectivity index (χ4n) is 1.61. The molecule has 3 aromatic rings. The zero-order valence-electron chi connectivity index (χ0n) is 10.9. The van der Waals surface area contributed by atoms with Gasteiger partial charge < -0.3 is 13.7 Å². The third kappa shape index (κ3) is 2.73. The first-order valence-electron chi connectivity index (χ1n) is 5.96. The number of hydrogen-bond acceptors (Lipinski definition) is 7. The van der Waals surface area contributed by atoms with Crippen molar-refractivity contribution in [3.05, 3.63) is 42.1 Å². The number of ether oxygens (including phenoxy) is 1. The van der Waals surface area contributed by atoms with Gasteiger partial charge in [0.15, 0.2) is 0 Å². The van der Waals surface area contributed by atoms with Gasteiger partial charge in [0.2, 0.25) is 5.76 Å². The molecule has 0 spiro atoms. The largest absolute Gasteiger partial charge is 0.497 e. The number of anilines is 1. The van der Waals surface area contributed by atoms with Crippen LogP contribution in [0, 0.1) is 0 Å². The number of carbonyl (C=O) groups excluding carboxylic acids is 1. The summed E-state index contributed by atoms with van der Waals surface area (Å²) in [5.74, 6) is 0.757. The summed E-state index contributed by atoms with van der Waals surface area (Å²) >= 11 is 0. The van der Waals surface area contributed by atoms with E-state index in [4.69, 9.17) is 13.7 Å². The molecule has 2 aromatic heterocycles. The fraction of sp³-hybridized carbons (Fsp3) is 0.0769. The molecule has 0 aliphatic rings. The lowest BCUT2D eigenvalue weighted by Crippen LogP contribution is -2.11. The van der Waals surface area contributed by atoms with Gasteiger partial charge in [-0.3, -0.25) is 10.1 Å². The summed E-state index contributed by atoms with van der Waals surface area (Å²) in [6, 6.07) is 8.17. The molecule has 0 aliphatic carbocycles. The van der Waals surface area contributed by atoms with Crippen LogP contribution in [0.25, 0.3) is 11.7 Å². The van der Waals surface area contributed by atoms with Crippen molar-refractivity contribution in [3.8, 4) is 17.4 Å². The molecule has 21 heavy (non-hydrogen) atoms. The van der Waals surface area contributed by atoms with Gasteiger partial charge in [-0.2, -0.15) is 0 Å². The number of benzene rings is 1. The Balaban J connectivity index is 1.72. The van der Waals surface area contributed by atoms with Gasteiger partial charge in [0.25, 0.3) is 11.8 Å². The second-order valence-corrected chi connectivity index (χ2v) is 3.97. The standard InChI is InChI=1S/C13H10N4O4/c1-19-9-4-2-8(3-5-9)11(18)15-13-17-16-12(20-13)10-6-7-14-21-10/h2-7H,1H3,(H,15,17,18). The molecule has 0 unspecified atom stereocenters. The molecule has 106 valence electrons. The molecule has 3 rings (SSSR count). The van der Waals surface area contributed by atoms with E-state index in [1.165, 1.54) is 6.20 Å². The Labute approximate surface area is 118 Å². The van der Waals surface area contributed by atoms with Crippen LogP contribution in [0.5, 0.6) is 5.75 Å². The van der Waals surface area contributed by atoms with Gasteiger partial charge in [-0.1, -0.05) is 10.3 Å². The van der Waals surface area contributed by atoms with Crippen LogP contribution in [0.2, 0.25) is 0 Å². The lowest BCUT2D eigenvalue weighted by atomic mass is 10.2. The van der Waals surface area contributed by atoms with Crippen LogP contribution in [0.4, 0.5) is 6.01 Å². The van der Waals surface area contributed by atoms with E-state index >= 15 is 0 Å². The van der Waals surface area contributed by atoms with Gasteiger partial charge in [-0.15, -0.1) is 5.10 Å². The summed E-state index contributed by atoms with van der Waals surface area (Å²) < 4.78 is 15.2. The fourth-order valence-corrected chi connectivity index (χ4v) is 1.61.